The molecule has 4 heteroatoms. The van der Waals surface area contributed by atoms with Crippen molar-refractivity contribution in [3.8, 4) is 0 Å². The highest BCUT2D eigenvalue weighted by Gasteiger charge is 2.62. The Morgan fingerprint density at radius 3 is 2.41 bits per heavy atom. The zero-order chi connectivity index (χ0) is 21.0. The van der Waals surface area contributed by atoms with Crippen LogP contribution < -0.4 is 0 Å². The second-order valence-corrected chi connectivity index (χ2v) is 11.5. The molecule has 4 aliphatic carbocycles. The largest absolute Gasteiger partial charge is 0.469 e. The van der Waals surface area contributed by atoms with E-state index < -0.39 is 0 Å². The third-order valence-electron chi connectivity index (χ3n) is 10.4. The number of carbonyl (C=O) groups is 1. The second-order valence-electron chi connectivity index (χ2n) is 11.5. The van der Waals surface area contributed by atoms with E-state index in [1.807, 2.05) is 0 Å². The molecule has 10 atom stereocenters. The summed E-state index contributed by atoms with van der Waals surface area (Å²) in [5.41, 5.74) is 0.533. The van der Waals surface area contributed by atoms with Gasteiger partial charge in [0, 0.05) is 6.42 Å². The summed E-state index contributed by atoms with van der Waals surface area (Å²) in [6.45, 7) is 7.28. The Balaban J connectivity index is 1.52. The van der Waals surface area contributed by atoms with Crippen LogP contribution in [0, 0.1) is 46.3 Å². The number of fused-ring (bicyclic) bond motifs is 5. The maximum Gasteiger partial charge on any atom is 0.305 e. The standard InChI is InChI=1S/C25H42O4/c1-15(5-8-23(28)29-4)18-6-7-19-17-14-22(27)21-13-16(26)9-11-25(21,3)20(17)10-12-24(18,19)2/h15-22,26-27H,5-14H2,1-4H3/t15-,16-,17+,18-,19-,20-,21+,22+,24-,25-/m1/s1. The molecule has 0 heterocycles. The smallest absolute Gasteiger partial charge is 0.305 e. The number of hydrogen-bond acceptors (Lipinski definition) is 4. The SMILES string of the molecule is COC(=O)CC[C@@H](C)[C@H]1CC[C@@H]2[C@@H]3C[C@H](O)[C@@H]4C[C@H](O)CC[C@]4(C)[C@@H]3CC[C@@]21C. The molecule has 4 nitrogen and oxygen atoms in total. The van der Waals surface area contributed by atoms with Gasteiger partial charge in [0.05, 0.1) is 19.3 Å². The van der Waals surface area contributed by atoms with E-state index in [4.69, 9.17) is 4.74 Å². The van der Waals surface area contributed by atoms with Crippen LogP contribution in [0.5, 0.6) is 0 Å². The molecule has 29 heavy (non-hydrogen) atoms. The number of aliphatic hydroxyl groups is 2. The summed E-state index contributed by atoms with van der Waals surface area (Å²) < 4.78 is 4.86. The Kier molecular flexibility index (Phi) is 5.83. The molecule has 0 aromatic carbocycles. The van der Waals surface area contributed by atoms with Crippen molar-refractivity contribution in [2.75, 3.05) is 7.11 Å². The van der Waals surface area contributed by atoms with Gasteiger partial charge in [-0.2, -0.15) is 0 Å². The molecule has 166 valence electrons. The topological polar surface area (TPSA) is 66.8 Å². The quantitative estimate of drug-likeness (QED) is 0.671. The average Bonchev–Trinajstić information content (AvgIpc) is 3.05. The van der Waals surface area contributed by atoms with Crippen molar-refractivity contribution in [3.63, 3.8) is 0 Å². The highest BCUT2D eigenvalue weighted by Crippen LogP contribution is 2.68. The molecule has 4 saturated carbocycles. The molecule has 0 aromatic rings. The number of carbonyl (C=O) groups excluding carboxylic acids is 1. The molecule has 0 amide bonds. The molecule has 0 radical (unpaired) electrons. The van der Waals surface area contributed by atoms with Crippen molar-refractivity contribution in [1.82, 2.24) is 0 Å². The minimum atomic E-state index is -0.255. The minimum absolute atomic E-state index is 0.0888. The zero-order valence-corrected chi connectivity index (χ0v) is 18.9. The van der Waals surface area contributed by atoms with Crippen LogP contribution in [0.25, 0.3) is 0 Å². The monoisotopic (exact) mass is 406 g/mol. The van der Waals surface area contributed by atoms with Crippen LogP contribution in [-0.4, -0.2) is 35.5 Å². The first kappa shape index (κ1) is 21.6. The van der Waals surface area contributed by atoms with Gasteiger partial charge in [0.2, 0.25) is 0 Å². The van der Waals surface area contributed by atoms with Gasteiger partial charge in [0.25, 0.3) is 0 Å². The Hall–Kier alpha value is -0.610. The van der Waals surface area contributed by atoms with E-state index in [0.29, 0.717) is 41.4 Å². The van der Waals surface area contributed by atoms with Crippen LogP contribution >= 0.6 is 0 Å². The van der Waals surface area contributed by atoms with Gasteiger partial charge >= 0.3 is 5.97 Å². The first-order valence-corrected chi connectivity index (χ1v) is 12.1. The van der Waals surface area contributed by atoms with Crippen molar-refractivity contribution in [1.29, 1.82) is 0 Å². The van der Waals surface area contributed by atoms with Crippen LogP contribution in [0.4, 0.5) is 0 Å². The van der Waals surface area contributed by atoms with E-state index in [0.717, 1.165) is 32.1 Å². The van der Waals surface area contributed by atoms with E-state index in [1.54, 1.807) is 0 Å². The normalized spacial score (nSPS) is 50.2. The summed E-state index contributed by atoms with van der Waals surface area (Å²) in [5, 5.41) is 21.3. The summed E-state index contributed by atoms with van der Waals surface area (Å²) in [5.74, 6) is 3.42. The maximum absolute atomic E-state index is 11.6. The third kappa shape index (κ3) is 3.46. The highest BCUT2D eigenvalue weighted by atomic mass is 16.5. The highest BCUT2D eigenvalue weighted by molar-refractivity contribution is 5.69. The van der Waals surface area contributed by atoms with Crippen LogP contribution in [0.15, 0.2) is 0 Å². The fourth-order valence-electron chi connectivity index (χ4n) is 8.90. The molecule has 4 aliphatic rings. The van der Waals surface area contributed by atoms with Crippen molar-refractivity contribution >= 4 is 5.97 Å². The number of methoxy groups -OCH3 is 1. The fourth-order valence-corrected chi connectivity index (χ4v) is 8.90. The van der Waals surface area contributed by atoms with E-state index >= 15 is 0 Å². The number of ether oxygens (including phenoxy) is 1. The predicted octanol–water partition coefficient (Wildman–Crippen LogP) is 4.57. The molecule has 0 unspecified atom stereocenters. The summed E-state index contributed by atoms with van der Waals surface area (Å²) in [7, 11) is 1.48. The van der Waals surface area contributed by atoms with Gasteiger partial charge in [-0.05, 0) is 104 Å². The summed E-state index contributed by atoms with van der Waals surface area (Å²) in [6, 6.07) is 0. The molecular weight excluding hydrogens is 364 g/mol. The van der Waals surface area contributed by atoms with Gasteiger partial charge in [-0.25, -0.2) is 0 Å². The Morgan fingerprint density at radius 1 is 1.00 bits per heavy atom. The summed E-state index contributed by atoms with van der Waals surface area (Å²) in [4.78, 5) is 11.6. The first-order valence-electron chi connectivity index (χ1n) is 12.1. The van der Waals surface area contributed by atoms with Crippen molar-refractivity contribution < 1.29 is 19.7 Å². The van der Waals surface area contributed by atoms with Crippen molar-refractivity contribution in [2.45, 2.75) is 97.2 Å². The molecule has 0 aromatic heterocycles. The lowest BCUT2D eigenvalue weighted by atomic mass is 9.44. The van der Waals surface area contributed by atoms with Gasteiger partial charge < -0.3 is 14.9 Å². The van der Waals surface area contributed by atoms with E-state index in [9.17, 15) is 15.0 Å². The molecule has 4 rings (SSSR count). The van der Waals surface area contributed by atoms with Crippen molar-refractivity contribution in [2.24, 2.45) is 46.3 Å². The molecule has 0 bridgehead atoms. The van der Waals surface area contributed by atoms with Gasteiger partial charge in [0.15, 0.2) is 0 Å². The molecular formula is C25H42O4. The second kappa shape index (κ2) is 7.82. The fraction of sp³-hybridized carbons (Fsp3) is 0.960. The zero-order valence-electron chi connectivity index (χ0n) is 18.9. The van der Waals surface area contributed by atoms with Gasteiger partial charge in [-0.1, -0.05) is 20.8 Å². The Morgan fingerprint density at radius 2 is 1.69 bits per heavy atom. The molecule has 0 aliphatic heterocycles. The number of aliphatic hydroxyl groups excluding tert-OH is 2. The van der Waals surface area contributed by atoms with Crippen LogP contribution in [0.2, 0.25) is 0 Å². The van der Waals surface area contributed by atoms with E-state index in [2.05, 4.69) is 20.8 Å². The number of hydrogen-bond donors (Lipinski definition) is 2. The van der Waals surface area contributed by atoms with Gasteiger partial charge in [-0.15, -0.1) is 0 Å². The molecule has 2 N–H and O–H groups in total. The summed E-state index contributed by atoms with van der Waals surface area (Å²) in [6.07, 6.45) is 9.77. The molecule has 0 spiro atoms. The molecule has 0 saturated heterocycles. The lowest BCUT2D eigenvalue weighted by Gasteiger charge is -2.62. The van der Waals surface area contributed by atoms with E-state index in [1.165, 1.54) is 32.8 Å². The lowest BCUT2D eigenvalue weighted by molar-refractivity contribution is -0.172. The number of esters is 1. The van der Waals surface area contributed by atoms with Crippen LogP contribution in [0.3, 0.4) is 0 Å². The first-order chi connectivity index (χ1) is 13.7. The van der Waals surface area contributed by atoms with Crippen LogP contribution in [-0.2, 0) is 9.53 Å². The van der Waals surface area contributed by atoms with Gasteiger partial charge in [-0.3, -0.25) is 4.79 Å². The minimum Gasteiger partial charge on any atom is -0.469 e. The lowest BCUT2D eigenvalue weighted by Crippen LogP contribution is -2.58. The van der Waals surface area contributed by atoms with Crippen molar-refractivity contribution in [3.05, 3.63) is 0 Å². The van der Waals surface area contributed by atoms with Gasteiger partial charge in [0.1, 0.15) is 0 Å². The number of rotatable bonds is 4. The third-order valence-corrected chi connectivity index (χ3v) is 10.4. The van der Waals surface area contributed by atoms with E-state index in [-0.39, 0.29) is 29.5 Å². The Bertz CT molecular complexity index is 620. The maximum atomic E-state index is 11.6. The Labute approximate surface area is 176 Å². The average molecular weight is 407 g/mol. The predicted molar refractivity (Wildman–Crippen MR) is 113 cm³/mol. The van der Waals surface area contributed by atoms with Crippen LogP contribution in [0.1, 0.15) is 85.0 Å². The summed E-state index contributed by atoms with van der Waals surface area (Å²) >= 11 is 0. The molecule has 4 fully saturated rings.